The summed E-state index contributed by atoms with van der Waals surface area (Å²) < 4.78 is 29.4. The lowest BCUT2D eigenvalue weighted by Gasteiger charge is -2.26. The van der Waals surface area contributed by atoms with E-state index >= 15 is 0 Å². The molecule has 1 aliphatic heterocycles. The lowest BCUT2D eigenvalue weighted by molar-refractivity contribution is -0.123. The number of rotatable bonds is 6. The van der Waals surface area contributed by atoms with Gasteiger partial charge in [-0.2, -0.15) is 4.31 Å². The molecule has 164 valence electrons. The van der Waals surface area contributed by atoms with Crippen LogP contribution in [0.3, 0.4) is 0 Å². The normalized spacial score (nSPS) is 16.3. The van der Waals surface area contributed by atoms with E-state index in [1.54, 1.807) is 34.6 Å². The Morgan fingerprint density at radius 1 is 1.06 bits per heavy atom. The number of nitrogens with one attached hydrogen (secondary N) is 1. The van der Waals surface area contributed by atoms with Gasteiger partial charge >= 0.3 is 0 Å². The summed E-state index contributed by atoms with van der Waals surface area (Å²) in [6.45, 7) is 3.39. The van der Waals surface area contributed by atoms with Gasteiger partial charge < -0.3 is 9.88 Å². The Morgan fingerprint density at radius 2 is 1.77 bits per heavy atom. The van der Waals surface area contributed by atoms with Crippen molar-refractivity contribution in [3.63, 3.8) is 0 Å². The van der Waals surface area contributed by atoms with Gasteiger partial charge in [0.1, 0.15) is 6.04 Å². The summed E-state index contributed by atoms with van der Waals surface area (Å²) in [4.78, 5) is 13.0. The van der Waals surface area contributed by atoms with Gasteiger partial charge in [-0.15, -0.1) is 0 Å². The monoisotopic (exact) mass is 459 g/mol. The molecule has 0 aliphatic carbocycles. The number of halogens is 1. The molecule has 1 fully saturated rings. The number of carbonyl (C=O) groups excluding carboxylic acids is 1. The van der Waals surface area contributed by atoms with Crippen molar-refractivity contribution >= 4 is 38.4 Å². The summed E-state index contributed by atoms with van der Waals surface area (Å²) in [7, 11) is -3.49. The van der Waals surface area contributed by atoms with E-state index in [1.165, 1.54) is 0 Å². The lowest BCUT2D eigenvalue weighted by Crippen LogP contribution is -2.35. The highest BCUT2D eigenvalue weighted by atomic mass is 35.5. The summed E-state index contributed by atoms with van der Waals surface area (Å²) in [6, 6.07) is 13.9. The van der Waals surface area contributed by atoms with Gasteiger partial charge in [0.2, 0.25) is 15.9 Å². The summed E-state index contributed by atoms with van der Waals surface area (Å²) in [5.41, 5.74) is 1.79. The quantitative estimate of drug-likeness (QED) is 0.595. The van der Waals surface area contributed by atoms with Crippen LogP contribution >= 0.6 is 11.6 Å². The Balaban J connectivity index is 1.50. The topological polar surface area (TPSA) is 71.4 Å². The number of sulfonamides is 1. The SMILES string of the molecule is C[C@H](C(=O)NCc1ccc(Cl)cc1)n1ccc2cc(S(=O)(=O)N3CCCCC3)ccc21. The van der Waals surface area contributed by atoms with Crippen LogP contribution in [0.4, 0.5) is 0 Å². The predicted octanol–water partition coefficient (Wildman–Crippen LogP) is 4.35. The van der Waals surface area contributed by atoms with Gasteiger partial charge in [-0.3, -0.25) is 4.79 Å². The zero-order valence-corrected chi connectivity index (χ0v) is 19.0. The molecule has 31 heavy (non-hydrogen) atoms. The summed E-state index contributed by atoms with van der Waals surface area (Å²) in [5.74, 6) is -0.113. The van der Waals surface area contributed by atoms with Gasteiger partial charge in [0.25, 0.3) is 0 Å². The number of aromatic nitrogens is 1. The van der Waals surface area contributed by atoms with Gasteiger partial charge in [-0.05, 0) is 61.7 Å². The second-order valence-electron chi connectivity index (χ2n) is 7.93. The van der Waals surface area contributed by atoms with Gasteiger partial charge in [-0.1, -0.05) is 30.2 Å². The average Bonchev–Trinajstić information content (AvgIpc) is 3.22. The lowest BCUT2D eigenvalue weighted by atomic mass is 10.2. The van der Waals surface area contributed by atoms with Gasteiger partial charge in [0.15, 0.2) is 0 Å². The largest absolute Gasteiger partial charge is 0.350 e. The second kappa shape index (κ2) is 9.02. The molecule has 0 saturated carbocycles. The maximum Gasteiger partial charge on any atom is 0.243 e. The van der Waals surface area contributed by atoms with Gasteiger partial charge in [0.05, 0.1) is 4.90 Å². The molecule has 1 aromatic heterocycles. The molecule has 0 bridgehead atoms. The van der Waals surface area contributed by atoms with E-state index in [4.69, 9.17) is 11.6 Å². The highest BCUT2D eigenvalue weighted by Crippen LogP contribution is 2.26. The highest BCUT2D eigenvalue weighted by Gasteiger charge is 2.26. The fourth-order valence-electron chi connectivity index (χ4n) is 3.96. The minimum atomic E-state index is -3.49. The zero-order chi connectivity index (χ0) is 22.0. The number of nitrogens with zero attached hydrogens (tertiary/aromatic N) is 2. The first-order valence-corrected chi connectivity index (χ1v) is 12.3. The van der Waals surface area contributed by atoms with Crippen molar-refractivity contribution in [2.45, 2.75) is 43.7 Å². The van der Waals surface area contributed by atoms with E-state index < -0.39 is 16.1 Å². The molecule has 2 heterocycles. The third kappa shape index (κ3) is 4.63. The van der Waals surface area contributed by atoms with Crippen LogP contribution < -0.4 is 5.32 Å². The van der Waals surface area contributed by atoms with Crippen LogP contribution in [0.25, 0.3) is 10.9 Å². The van der Waals surface area contributed by atoms with E-state index in [-0.39, 0.29) is 5.91 Å². The van der Waals surface area contributed by atoms with Crippen LogP contribution in [0.5, 0.6) is 0 Å². The number of amides is 1. The fourth-order valence-corrected chi connectivity index (χ4v) is 5.64. The van der Waals surface area contributed by atoms with Crippen molar-refractivity contribution in [2.75, 3.05) is 13.1 Å². The number of hydrogen-bond donors (Lipinski definition) is 1. The van der Waals surface area contributed by atoms with Crippen LogP contribution in [0.15, 0.2) is 59.6 Å². The minimum absolute atomic E-state index is 0.113. The van der Waals surface area contributed by atoms with Crippen molar-refractivity contribution in [3.05, 3.63) is 65.3 Å². The van der Waals surface area contributed by atoms with Crippen LogP contribution in [0.1, 0.15) is 37.8 Å². The minimum Gasteiger partial charge on any atom is -0.350 e. The van der Waals surface area contributed by atoms with E-state index in [2.05, 4.69) is 5.32 Å². The Labute approximate surface area is 187 Å². The Kier molecular flexibility index (Phi) is 6.36. The molecule has 1 saturated heterocycles. The molecular weight excluding hydrogens is 434 g/mol. The molecular formula is C23H26ClN3O3S. The smallest absolute Gasteiger partial charge is 0.243 e. The molecule has 2 aromatic carbocycles. The maximum atomic E-state index is 13.0. The highest BCUT2D eigenvalue weighted by molar-refractivity contribution is 7.89. The molecule has 0 spiro atoms. The zero-order valence-electron chi connectivity index (χ0n) is 17.4. The average molecular weight is 460 g/mol. The molecule has 8 heteroatoms. The first-order chi connectivity index (χ1) is 14.9. The number of benzene rings is 2. The Morgan fingerprint density at radius 3 is 2.48 bits per heavy atom. The fraction of sp³-hybridized carbons (Fsp3) is 0.348. The first-order valence-electron chi connectivity index (χ1n) is 10.5. The molecule has 3 aromatic rings. The molecule has 6 nitrogen and oxygen atoms in total. The molecule has 4 rings (SSSR count). The van der Waals surface area contributed by atoms with Crippen molar-refractivity contribution in [1.82, 2.24) is 14.2 Å². The molecule has 0 radical (unpaired) electrons. The summed E-state index contributed by atoms with van der Waals surface area (Å²) in [5, 5.41) is 4.40. The Bertz CT molecular complexity index is 1180. The predicted molar refractivity (Wildman–Crippen MR) is 123 cm³/mol. The van der Waals surface area contributed by atoms with Crippen LogP contribution in [0.2, 0.25) is 5.02 Å². The van der Waals surface area contributed by atoms with Crippen molar-refractivity contribution in [1.29, 1.82) is 0 Å². The van der Waals surface area contributed by atoms with Crippen molar-refractivity contribution in [2.24, 2.45) is 0 Å². The molecule has 1 amide bonds. The van der Waals surface area contributed by atoms with Crippen molar-refractivity contribution in [3.8, 4) is 0 Å². The van der Waals surface area contributed by atoms with Gasteiger partial charge in [-0.25, -0.2) is 8.42 Å². The molecule has 1 atom stereocenters. The van der Waals surface area contributed by atoms with Crippen LogP contribution in [-0.2, 0) is 21.4 Å². The first kappa shape index (κ1) is 21.9. The molecule has 0 unspecified atom stereocenters. The van der Waals surface area contributed by atoms with Gasteiger partial charge in [0, 0.05) is 41.8 Å². The maximum absolute atomic E-state index is 13.0. The molecule has 1 aliphatic rings. The third-order valence-electron chi connectivity index (χ3n) is 5.82. The van der Waals surface area contributed by atoms with E-state index in [0.29, 0.717) is 29.6 Å². The number of piperidine rings is 1. The Hall–Kier alpha value is -2.35. The van der Waals surface area contributed by atoms with Crippen LogP contribution in [0, 0.1) is 0 Å². The standard InChI is InChI=1S/C23H26ClN3O3S/c1-17(23(28)25-16-18-5-7-20(24)8-6-18)27-14-11-19-15-21(9-10-22(19)27)31(29,30)26-12-3-2-4-13-26/h5-11,14-15,17H,2-4,12-13,16H2,1H3,(H,25,28)/t17-/m1/s1. The number of carbonyl (C=O) groups is 1. The van der Waals surface area contributed by atoms with E-state index in [0.717, 1.165) is 35.7 Å². The number of fused-ring (bicyclic) bond motifs is 1. The summed E-state index contributed by atoms with van der Waals surface area (Å²) >= 11 is 5.90. The van der Waals surface area contributed by atoms with Crippen molar-refractivity contribution < 1.29 is 13.2 Å². The van der Waals surface area contributed by atoms with Crippen LogP contribution in [-0.4, -0.2) is 36.3 Å². The van der Waals surface area contributed by atoms with E-state index in [1.807, 2.05) is 35.9 Å². The third-order valence-corrected chi connectivity index (χ3v) is 7.97. The second-order valence-corrected chi connectivity index (χ2v) is 10.3. The van der Waals surface area contributed by atoms with E-state index in [9.17, 15) is 13.2 Å². The number of hydrogen-bond acceptors (Lipinski definition) is 3. The summed E-state index contributed by atoms with van der Waals surface area (Å²) in [6.07, 6.45) is 4.71. The molecule has 1 N–H and O–H groups in total.